The molecular weight excluding hydrogens is 176 g/mol. The standard InChI is InChI=1S/C11H18N2O/c1-7(2)13-6-12-9-4-8(3)5-10(14)11(9)13/h6-8,10,14H,4-5H2,1-3H3. The lowest BCUT2D eigenvalue weighted by Gasteiger charge is -2.25. The Bertz CT molecular complexity index is 330. The highest BCUT2D eigenvalue weighted by molar-refractivity contribution is 5.20. The van der Waals surface area contributed by atoms with Gasteiger partial charge in [0.2, 0.25) is 0 Å². The molecule has 0 bridgehead atoms. The van der Waals surface area contributed by atoms with Crippen LogP contribution in [-0.2, 0) is 6.42 Å². The van der Waals surface area contributed by atoms with Gasteiger partial charge in [-0.15, -0.1) is 0 Å². The number of hydrogen-bond acceptors (Lipinski definition) is 2. The molecule has 0 fully saturated rings. The van der Waals surface area contributed by atoms with Gasteiger partial charge in [0.1, 0.15) is 0 Å². The number of fused-ring (bicyclic) bond motifs is 1. The van der Waals surface area contributed by atoms with E-state index in [1.807, 2.05) is 6.33 Å². The van der Waals surface area contributed by atoms with Crippen molar-refractivity contribution in [3.63, 3.8) is 0 Å². The van der Waals surface area contributed by atoms with Gasteiger partial charge in [0.25, 0.3) is 0 Å². The summed E-state index contributed by atoms with van der Waals surface area (Å²) in [6, 6.07) is 0.384. The first-order chi connectivity index (χ1) is 6.59. The number of imidazole rings is 1. The van der Waals surface area contributed by atoms with E-state index in [1.54, 1.807) is 0 Å². The van der Waals surface area contributed by atoms with Crippen LogP contribution in [0.2, 0.25) is 0 Å². The quantitative estimate of drug-likeness (QED) is 0.743. The van der Waals surface area contributed by atoms with E-state index in [-0.39, 0.29) is 6.10 Å². The van der Waals surface area contributed by atoms with E-state index >= 15 is 0 Å². The van der Waals surface area contributed by atoms with Crippen molar-refractivity contribution in [3.05, 3.63) is 17.7 Å². The highest BCUT2D eigenvalue weighted by atomic mass is 16.3. The van der Waals surface area contributed by atoms with Gasteiger partial charge in [-0.1, -0.05) is 6.92 Å². The lowest BCUT2D eigenvalue weighted by atomic mass is 9.89. The van der Waals surface area contributed by atoms with Crippen LogP contribution in [0.3, 0.4) is 0 Å². The van der Waals surface area contributed by atoms with Gasteiger partial charge >= 0.3 is 0 Å². The maximum absolute atomic E-state index is 9.99. The third-order valence-corrected chi connectivity index (χ3v) is 2.95. The van der Waals surface area contributed by atoms with E-state index < -0.39 is 0 Å². The highest BCUT2D eigenvalue weighted by Crippen LogP contribution is 2.33. The second kappa shape index (κ2) is 3.39. The normalized spacial score (nSPS) is 26.6. The number of aliphatic hydroxyl groups is 1. The van der Waals surface area contributed by atoms with Gasteiger partial charge < -0.3 is 9.67 Å². The Hall–Kier alpha value is -0.830. The molecule has 1 aliphatic rings. The Balaban J connectivity index is 2.41. The average molecular weight is 194 g/mol. The fraction of sp³-hybridized carbons (Fsp3) is 0.727. The van der Waals surface area contributed by atoms with Crippen molar-refractivity contribution in [3.8, 4) is 0 Å². The summed E-state index contributed by atoms with van der Waals surface area (Å²) in [5.41, 5.74) is 2.13. The SMILES string of the molecule is CC1Cc2ncn(C(C)C)c2C(O)C1. The first kappa shape index (κ1) is 9.71. The molecule has 0 saturated heterocycles. The molecule has 1 heterocycles. The summed E-state index contributed by atoms with van der Waals surface area (Å²) in [6.07, 6.45) is 3.41. The van der Waals surface area contributed by atoms with Crippen LogP contribution >= 0.6 is 0 Å². The van der Waals surface area contributed by atoms with Gasteiger partial charge in [0.05, 0.1) is 23.8 Å². The largest absolute Gasteiger partial charge is 0.387 e. The summed E-state index contributed by atoms with van der Waals surface area (Å²) in [6.45, 7) is 6.40. The summed E-state index contributed by atoms with van der Waals surface area (Å²) < 4.78 is 2.09. The molecule has 0 radical (unpaired) electrons. The number of hydrogen-bond donors (Lipinski definition) is 1. The Morgan fingerprint density at radius 3 is 2.93 bits per heavy atom. The van der Waals surface area contributed by atoms with Gasteiger partial charge in [-0.25, -0.2) is 4.98 Å². The zero-order chi connectivity index (χ0) is 10.3. The van der Waals surface area contributed by atoms with E-state index in [9.17, 15) is 5.11 Å². The van der Waals surface area contributed by atoms with Crippen LogP contribution in [0.4, 0.5) is 0 Å². The Labute approximate surface area is 84.8 Å². The molecule has 0 saturated carbocycles. The zero-order valence-corrected chi connectivity index (χ0v) is 9.07. The van der Waals surface area contributed by atoms with E-state index in [2.05, 4.69) is 30.3 Å². The monoisotopic (exact) mass is 194 g/mol. The highest BCUT2D eigenvalue weighted by Gasteiger charge is 2.27. The Morgan fingerprint density at radius 1 is 1.57 bits per heavy atom. The molecule has 1 aromatic heterocycles. The summed E-state index contributed by atoms with van der Waals surface area (Å²) in [4.78, 5) is 4.38. The van der Waals surface area contributed by atoms with Gasteiger partial charge in [-0.2, -0.15) is 0 Å². The van der Waals surface area contributed by atoms with Crippen molar-refractivity contribution in [2.45, 2.75) is 45.8 Å². The first-order valence-corrected chi connectivity index (χ1v) is 5.33. The van der Waals surface area contributed by atoms with Crippen molar-refractivity contribution in [1.82, 2.24) is 9.55 Å². The summed E-state index contributed by atoms with van der Waals surface area (Å²) in [5.74, 6) is 0.549. The number of aliphatic hydroxyl groups excluding tert-OH is 1. The molecule has 0 amide bonds. The lowest BCUT2D eigenvalue weighted by Crippen LogP contribution is -2.19. The van der Waals surface area contributed by atoms with Gasteiger partial charge in [0, 0.05) is 6.04 Å². The van der Waals surface area contributed by atoms with Gasteiger partial charge in [-0.05, 0) is 32.6 Å². The van der Waals surface area contributed by atoms with E-state index in [1.165, 1.54) is 0 Å². The molecule has 2 atom stereocenters. The molecule has 2 rings (SSSR count). The molecule has 3 heteroatoms. The molecule has 0 aromatic carbocycles. The van der Waals surface area contributed by atoms with Crippen molar-refractivity contribution in [2.75, 3.05) is 0 Å². The molecule has 1 aliphatic carbocycles. The number of rotatable bonds is 1. The molecule has 3 nitrogen and oxygen atoms in total. The van der Waals surface area contributed by atoms with Crippen LogP contribution in [-0.4, -0.2) is 14.7 Å². The van der Waals surface area contributed by atoms with Crippen molar-refractivity contribution in [1.29, 1.82) is 0 Å². The predicted octanol–water partition coefficient (Wildman–Crippen LogP) is 2.08. The Kier molecular flexibility index (Phi) is 2.35. The predicted molar refractivity (Wildman–Crippen MR) is 55.1 cm³/mol. The third-order valence-electron chi connectivity index (χ3n) is 2.95. The molecular formula is C11H18N2O. The number of nitrogens with zero attached hydrogens (tertiary/aromatic N) is 2. The van der Waals surface area contributed by atoms with Crippen LogP contribution in [0.25, 0.3) is 0 Å². The topological polar surface area (TPSA) is 38.0 Å². The fourth-order valence-electron chi connectivity index (χ4n) is 2.25. The minimum Gasteiger partial charge on any atom is -0.387 e. The number of aromatic nitrogens is 2. The lowest BCUT2D eigenvalue weighted by molar-refractivity contribution is 0.126. The molecule has 2 unspecified atom stereocenters. The molecule has 78 valence electrons. The summed E-state index contributed by atoms with van der Waals surface area (Å²) in [7, 11) is 0. The van der Waals surface area contributed by atoms with Crippen molar-refractivity contribution < 1.29 is 5.11 Å². The molecule has 14 heavy (non-hydrogen) atoms. The fourth-order valence-corrected chi connectivity index (χ4v) is 2.25. The molecule has 0 aliphatic heterocycles. The van der Waals surface area contributed by atoms with Crippen LogP contribution < -0.4 is 0 Å². The average Bonchev–Trinajstić information content (AvgIpc) is 2.47. The third kappa shape index (κ3) is 1.46. The van der Waals surface area contributed by atoms with Gasteiger partial charge in [0.15, 0.2) is 0 Å². The van der Waals surface area contributed by atoms with Crippen LogP contribution in [0.5, 0.6) is 0 Å². The van der Waals surface area contributed by atoms with E-state index in [0.717, 1.165) is 24.2 Å². The van der Waals surface area contributed by atoms with Crippen LogP contribution in [0.1, 0.15) is 50.7 Å². The van der Waals surface area contributed by atoms with Crippen LogP contribution in [0, 0.1) is 5.92 Å². The minimum atomic E-state index is -0.321. The van der Waals surface area contributed by atoms with Crippen LogP contribution in [0.15, 0.2) is 6.33 Å². The zero-order valence-electron chi connectivity index (χ0n) is 9.07. The Morgan fingerprint density at radius 2 is 2.29 bits per heavy atom. The first-order valence-electron chi connectivity index (χ1n) is 5.33. The minimum absolute atomic E-state index is 0.321. The van der Waals surface area contributed by atoms with Crippen molar-refractivity contribution in [2.24, 2.45) is 5.92 Å². The smallest absolute Gasteiger partial charge is 0.0961 e. The van der Waals surface area contributed by atoms with Gasteiger partial charge in [-0.3, -0.25) is 0 Å². The van der Waals surface area contributed by atoms with E-state index in [4.69, 9.17) is 0 Å². The second-order valence-corrected chi connectivity index (χ2v) is 4.64. The maximum Gasteiger partial charge on any atom is 0.0961 e. The summed E-state index contributed by atoms with van der Waals surface area (Å²) in [5, 5.41) is 9.99. The molecule has 0 spiro atoms. The molecule has 1 N–H and O–H groups in total. The van der Waals surface area contributed by atoms with Crippen molar-refractivity contribution >= 4 is 0 Å². The maximum atomic E-state index is 9.99. The summed E-state index contributed by atoms with van der Waals surface area (Å²) >= 11 is 0. The molecule has 1 aromatic rings. The van der Waals surface area contributed by atoms with E-state index in [0.29, 0.717) is 12.0 Å². The second-order valence-electron chi connectivity index (χ2n) is 4.64.